The zero-order valence-electron chi connectivity index (χ0n) is 19.1. The van der Waals surface area contributed by atoms with Gasteiger partial charge in [-0.3, -0.25) is 14.5 Å². The van der Waals surface area contributed by atoms with Gasteiger partial charge in [-0.15, -0.1) is 5.10 Å². The second kappa shape index (κ2) is 10.4. The SMILES string of the molecule is O=C(c1ccc(Cl)cc1)N1CCC(Oc2ccc(N(C(=O)C3CNC3)c3cccnn3)cc2)CC1. The molecule has 1 N–H and O–H groups in total. The average Bonchev–Trinajstić information content (AvgIpc) is 2.85. The number of nitrogens with one attached hydrogen (secondary N) is 1. The number of carbonyl (C=O) groups excluding carboxylic acids is 2. The Morgan fingerprint density at radius 1 is 1.00 bits per heavy atom. The van der Waals surface area contributed by atoms with Gasteiger partial charge in [0.15, 0.2) is 5.82 Å². The summed E-state index contributed by atoms with van der Waals surface area (Å²) >= 11 is 5.93. The average molecular weight is 492 g/mol. The van der Waals surface area contributed by atoms with Gasteiger partial charge in [0.05, 0.1) is 11.6 Å². The molecule has 0 atom stereocenters. The number of likely N-dealkylation sites (tertiary alicyclic amines) is 1. The van der Waals surface area contributed by atoms with Crippen LogP contribution >= 0.6 is 11.6 Å². The third-order valence-electron chi connectivity index (χ3n) is 6.36. The molecule has 35 heavy (non-hydrogen) atoms. The minimum absolute atomic E-state index is 0.00403. The molecule has 3 heterocycles. The van der Waals surface area contributed by atoms with Crippen LogP contribution in [-0.2, 0) is 4.79 Å². The van der Waals surface area contributed by atoms with Crippen LogP contribution in [0.2, 0.25) is 5.02 Å². The van der Waals surface area contributed by atoms with Gasteiger partial charge in [-0.2, -0.15) is 5.10 Å². The van der Waals surface area contributed by atoms with Crippen LogP contribution in [0.25, 0.3) is 0 Å². The van der Waals surface area contributed by atoms with E-state index in [1.165, 1.54) is 0 Å². The van der Waals surface area contributed by atoms with Crippen molar-refractivity contribution < 1.29 is 14.3 Å². The number of benzene rings is 2. The first kappa shape index (κ1) is 23.3. The van der Waals surface area contributed by atoms with Crippen LogP contribution in [0.15, 0.2) is 66.9 Å². The molecule has 0 radical (unpaired) electrons. The second-order valence-electron chi connectivity index (χ2n) is 8.72. The van der Waals surface area contributed by atoms with E-state index in [-0.39, 0.29) is 23.8 Å². The molecule has 2 amide bonds. The van der Waals surface area contributed by atoms with Gasteiger partial charge >= 0.3 is 0 Å². The standard InChI is InChI=1S/C26H26ClN5O3/c27-20-5-3-18(4-6-20)25(33)31-14-11-23(12-15-31)35-22-9-7-21(8-10-22)32(24-2-1-13-29-30-24)26(34)19-16-28-17-19/h1-10,13,19,23,28H,11-12,14-17H2. The number of halogens is 1. The first-order valence-electron chi connectivity index (χ1n) is 11.7. The van der Waals surface area contributed by atoms with Crippen LogP contribution in [0.5, 0.6) is 5.75 Å². The number of rotatable bonds is 6. The van der Waals surface area contributed by atoms with Gasteiger partial charge in [0.1, 0.15) is 11.9 Å². The fraction of sp³-hybridized carbons (Fsp3) is 0.308. The third-order valence-corrected chi connectivity index (χ3v) is 6.61. The molecule has 8 nitrogen and oxygen atoms in total. The van der Waals surface area contributed by atoms with E-state index < -0.39 is 0 Å². The molecule has 0 saturated carbocycles. The molecule has 180 valence electrons. The van der Waals surface area contributed by atoms with E-state index in [9.17, 15) is 9.59 Å². The Bertz CT molecular complexity index is 1160. The van der Waals surface area contributed by atoms with Gasteiger partial charge < -0.3 is 15.0 Å². The lowest BCUT2D eigenvalue weighted by molar-refractivity contribution is -0.123. The number of piperidine rings is 1. The smallest absolute Gasteiger partial charge is 0.253 e. The number of nitrogens with zero attached hydrogens (tertiary/aromatic N) is 4. The highest BCUT2D eigenvalue weighted by molar-refractivity contribution is 6.30. The first-order valence-corrected chi connectivity index (χ1v) is 12.1. The van der Waals surface area contributed by atoms with E-state index in [0.717, 1.165) is 24.3 Å². The van der Waals surface area contributed by atoms with Gasteiger partial charge in [0, 0.05) is 55.8 Å². The molecule has 5 rings (SSSR count). The predicted molar refractivity (Wildman–Crippen MR) is 133 cm³/mol. The van der Waals surface area contributed by atoms with E-state index >= 15 is 0 Å². The number of aromatic nitrogens is 2. The minimum atomic E-state index is -0.0753. The number of ether oxygens (including phenoxy) is 1. The van der Waals surface area contributed by atoms with Crippen molar-refractivity contribution >= 4 is 34.9 Å². The molecule has 1 aromatic heterocycles. The van der Waals surface area contributed by atoms with Crippen molar-refractivity contribution in [2.75, 3.05) is 31.1 Å². The van der Waals surface area contributed by atoms with Gasteiger partial charge in [0.2, 0.25) is 5.91 Å². The molecule has 2 aliphatic rings. The van der Waals surface area contributed by atoms with Crippen LogP contribution < -0.4 is 15.0 Å². The van der Waals surface area contributed by atoms with Gasteiger partial charge in [-0.1, -0.05) is 11.6 Å². The summed E-state index contributed by atoms with van der Waals surface area (Å²) in [6, 6.07) is 18.0. The van der Waals surface area contributed by atoms with Gasteiger partial charge in [0.25, 0.3) is 5.91 Å². The molecular formula is C26H26ClN5O3. The number of hydrogen-bond donors (Lipinski definition) is 1. The van der Waals surface area contributed by atoms with Crippen LogP contribution in [-0.4, -0.2) is 59.2 Å². The highest BCUT2D eigenvalue weighted by Gasteiger charge is 2.32. The molecule has 0 bridgehead atoms. The Kier molecular flexibility index (Phi) is 6.92. The Hall–Kier alpha value is -3.49. The maximum atomic E-state index is 13.1. The van der Waals surface area contributed by atoms with Crippen molar-refractivity contribution in [1.82, 2.24) is 20.4 Å². The lowest BCUT2D eigenvalue weighted by atomic mass is 10.0. The number of hydrogen-bond acceptors (Lipinski definition) is 6. The topological polar surface area (TPSA) is 87.7 Å². The van der Waals surface area contributed by atoms with Crippen molar-refractivity contribution in [3.8, 4) is 5.75 Å². The summed E-state index contributed by atoms with van der Waals surface area (Å²) in [6.45, 7) is 2.59. The molecule has 0 aliphatic carbocycles. The maximum absolute atomic E-state index is 13.1. The molecule has 2 fully saturated rings. The Morgan fingerprint density at radius 3 is 2.31 bits per heavy atom. The molecule has 2 aromatic carbocycles. The monoisotopic (exact) mass is 491 g/mol. The molecule has 0 spiro atoms. The van der Waals surface area contributed by atoms with E-state index in [1.807, 2.05) is 29.2 Å². The second-order valence-corrected chi connectivity index (χ2v) is 9.16. The quantitative estimate of drug-likeness (QED) is 0.565. The molecule has 0 unspecified atom stereocenters. The normalized spacial score (nSPS) is 16.4. The van der Waals surface area contributed by atoms with Crippen LogP contribution in [0.4, 0.5) is 11.5 Å². The Labute approximate surface area is 208 Å². The van der Waals surface area contributed by atoms with E-state index in [0.29, 0.717) is 42.6 Å². The largest absolute Gasteiger partial charge is 0.490 e. The zero-order valence-corrected chi connectivity index (χ0v) is 19.9. The summed E-state index contributed by atoms with van der Waals surface area (Å²) < 4.78 is 6.19. The summed E-state index contributed by atoms with van der Waals surface area (Å²) in [7, 11) is 0. The highest BCUT2D eigenvalue weighted by atomic mass is 35.5. The van der Waals surface area contributed by atoms with Crippen LogP contribution in [0.1, 0.15) is 23.2 Å². The summed E-state index contributed by atoms with van der Waals surface area (Å²) in [5.41, 5.74) is 1.36. The third kappa shape index (κ3) is 5.28. The highest BCUT2D eigenvalue weighted by Crippen LogP contribution is 2.29. The van der Waals surface area contributed by atoms with E-state index in [1.54, 1.807) is 47.5 Å². The summed E-state index contributed by atoms with van der Waals surface area (Å²) in [5, 5.41) is 11.8. The van der Waals surface area contributed by atoms with Gasteiger partial charge in [-0.05, 0) is 60.7 Å². The van der Waals surface area contributed by atoms with Crippen molar-refractivity contribution in [2.24, 2.45) is 5.92 Å². The lowest BCUT2D eigenvalue weighted by Gasteiger charge is -2.33. The molecule has 2 saturated heterocycles. The molecule has 3 aromatic rings. The maximum Gasteiger partial charge on any atom is 0.253 e. The van der Waals surface area contributed by atoms with Crippen molar-refractivity contribution in [3.63, 3.8) is 0 Å². The fourth-order valence-electron chi connectivity index (χ4n) is 4.25. The number of amides is 2. The van der Waals surface area contributed by atoms with Crippen LogP contribution in [0, 0.1) is 5.92 Å². The van der Waals surface area contributed by atoms with E-state index in [2.05, 4.69) is 15.5 Å². The Morgan fingerprint density at radius 2 is 1.71 bits per heavy atom. The van der Waals surface area contributed by atoms with Crippen molar-refractivity contribution in [2.45, 2.75) is 18.9 Å². The summed E-state index contributed by atoms with van der Waals surface area (Å²) in [4.78, 5) is 29.3. The van der Waals surface area contributed by atoms with Crippen molar-refractivity contribution in [3.05, 3.63) is 77.4 Å². The van der Waals surface area contributed by atoms with Gasteiger partial charge in [-0.25, -0.2) is 0 Å². The van der Waals surface area contributed by atoms with E-state index in [4.69, 9.17) is 16.3 Å². The number of anilines is 2. The summed E-state index contributed by atoms with van der Waals surface area (Å²) in [5.74, 6) is 1.16. The minimum Gasteiger partial charge on any atom is -0.490 e. The number of carbonyl (C=O) groups is 2. The van der Waals surface area contributed by atoms with Crippen LogP contribution in [0.3, 0.4) is 0 Å². The molecule has 9 heteroatoms. The zero-order chi connectivity index (χ0) is 24.2. The lowest BCUT2D eigenvalue weighted by Crippen LogP contribution is -2.51. The predicted octanol–water partition coefficient (Wildman–Crippen LogP) is 3.70. The molecule has 2 aliphatic heterocycles. The van der Waals surface area contributed by atoms with Crippen molar-refractivity contribution in [1.29, 1.82) is 0 Å². The fourth-order valence-corrected chi connectivity index (χ4v) is 4.37. The summed E-state index contributed by atoms with van der Waals surface area (Å²) in [6.07, 6.45) is 3.11. The molecular weight excluding hydrogens is 466 g/mol. The first-order chi connectivity index (χ1) is 17.1. The Balaban J connectivity index is 1.21.